The lowest BCUT2D eigenvalue weighted by molar-refractivity contribution is -0.149. The van der Waals surface area contributed by atoms with Crippen molar-refractivity contribution < 1.29 is 23.9 Å². The number of carbonyl (C=O) groups is 3. The van der Waals surface area contributed by atoms with Crippen molar-refractivity contribution in [2.24, 2.45) is 0 Å². The fraction of sp³-hybridized carbons (Fsp3) is 0.250. The fourth-order valence-corrected chi connectivity index (χ4v) is 3.60. The van der Waals surface area contributed by atoms with Crippen LogP contribution in [0.5, 0.6) is 5.75 Å². The Morgan fingerprint density at radius 3 is 2.67 bits per heavy atom. The minimum Gasteiger partial charge on any atom is -0.482 e. The number of fused-ring (bicyclic) bond motifs is 1. The molecule has 0 unspecified atom stereocenters. The van der Waals surface area contributed by atoms with Crippen LogP contribution >= 0.6 is 0 Å². The third-order valence-electron chi connectivity index (χ3n) is 5.25. The van der Waals surface area contributed by atoms with E-state index in [1.54, 1.807) is 29.8 Å². The van der Waals surface area contributed by atoms with Gasteiger partial charge in [-0.2, -0.15) is 5.10 Å². The van der Waals surface area contributed by atoms with Crippen LogP contribution in [0.4, 0.5) is 11.4 Å². The van der Waals surface area contributed by atoms with Crippen LogP contribution in [0.3, 0.4) is 0 Å². The van der Waals surface area contributed by atoms with Gasteiger partial charge < -0.3 is 20.1 Å². The van der Waals surface area contributed by atoms with Crippen molar-refractivity contribution in [2.45, 2.75) is 26.7 Å². The van der Waals surface area contributed by atoms with Crippen LogP contribution in [0.1, 0.15) is 23.4 Å². The molecule has 9 nitrogen and oxygen atoms in total. The molecule has 170 valence electrons. The minimum absolute atomic E-state index is 0.0178. The van der Waals surface area contributed by atoms with E-state index < -0.39 is 18.5 Å². The molecule has 1 aliphatic rings. The van der Waals surface area contributed by atoms with E-state index in [9.17, 15) is 14.4 Å². The Hall–Kier alpha value is -4.14. The second-order valence-corrected chi connectivity index (χ2v) is 7.66. The van der Waals surface area contributed by atoms with Gasteiger partial charge in [-0.25, -0.2) is 9.48 Å². The molecule has 1 aromatic heterocycles. The zero-order valence-electron chi connectivity index (χ0n) is 18.4. The second kappa shape index (κ2) is 9.56. The van der Waals surface area contributed by atoms with Gasteiger partial charge in [0.2, 0.25) is 5.91 Å². The fourth-order valence-electron chi connectivity index (χ4n) is 3.60. The first-order chi connectivity index (χ1) is 15.9. The van der Waals surface area contributed by atoms with Gasteiger partial charge in [0, 0.05) is 12.1 Å². The van der Waals surface area contributed by atoms with Crippen molar-refractivity contribution in [1.29, 1.82) is 0 Å². The zero-order chi connectivity index (χ0) is 23.4. The number of ether oxygens (including phenoxy) is 2. The van der Waals surface area contributed by atoms with E-state index in [4.69, 9.17) is 9.47 Å². The summed E-state index contributed by atoms with van der Waals surface area (Å²) in [5.74, 6) is -0.655. The van der Waals surface area contributed by atoms with Crippen LogP contribution in [0.2, 0.25) is 0 Å². The zero-order valence-corrected chi connectivity index (χ0v) is 18.4. The number of hydrogen-bond donors (Lipinski definition) is 2. The molecule has 4 rings (SSSR count). The van der Waals surface area contributed by atoms with E-state index in [0.717, 1.165) is 22.6 Å². The van der Waals surface area contributed by atoms with Crippen molar-refractivity contribution in [3.8, 4) is 11.4 Å². The molecular formula is C24H24N4O5. The van der Waals surface area contributed by atoms with Gasteiger partial charge in [0.15, 0.2) is 13.2 Å². The van der Waals surface area contributed by atoms with Crippen LogP contribution in [0, 0.1) is 13.8 Å². The molecule has 0 atom stereocenters. The number of para-hydroxylation sites is 1. The molecule has 0 radical (unpaired) electrons. The predicted octanol–water partition coefficient (Wildman–Crippen LogP) is 2.93. The van der Waals surface area contributed by atoms with Gasteiger partial charge in [-0.1, -0.05) is 18.2 Å². The van der Waals surface area contributed by atoms with Gasteiger partial charge >= 0.3 is 5.97 Å². The summed E-state index contributed by atoms with van der Waals surface area (Å²) >= 11 is 0. The Balaban J connectivity index is 1.28. The first kappa shape index (κ1) is 22.1. The number of amides is 2. The average Bonchev–Trinajstić information content (AvgIpc) is 3.10. The quantitative estimate of drug-likeness (QED) is 0.538. The van der Waals surface area contributed by atoms with Gasteiger partial charge in [-0.15, -0.1) is 0 Å². The smallest absolute Gasteiger partial charge is 0.344 e. The van der Waals surface area contributed by atoms with Crippen molar-refractivity contribution in [3.63, 3.8) is 0 Å². The number of esters is 1. The molecule has 2 aromatic carbocycles. The molecule has 0 bridgehead atoms. The van der Waals surface area contributed by atoms with Gasteiger partial charge in [0.1, 0.15) is 5.75 Å². The normalized spacial score (nSPS) is 12.5. The maximum absolute atomic E-state index is 12.3. The van der Waals surface area contributed by atoms with Gasteiger partial charge in [-0.3, -0.25) is 9.59 Å². The van der Waals surface area contributed by atoms with Gasteiger partial charge in [-0.05, 0) is 56.2 Å². The molecule has 0 fully saturated rings. The molecule has 0 saturated carbocycles. The largest absolute Gasteiger partial charge is 0.482 e. The third-order valence-corrected chi connectivity index (χ3v) is 5.25. The van der Waals surface area contributed by atoms with Crippen molar-refractivity contribution in [1.82, 2.24) is 9.78 Å². The number of anilines is 2. The molecule has 2 heterocycles. The third kappa shape index (κ3) is 5.20. The number of aromatic nitrogens is 2. The SMILES string of the molecule is Cc1nn(-c2ccccc2)c(C)c1NC(=O)COC(=O)COc1ccc2c(c1)CCC(=O)N2. The summed E-state index contributed by atoms with van der Waals surface area (Å²) in [6, 6.07) is 14.8. The molecule has 2 N–H and O–H groups in total. The van der Waals surface area contributed by atoms with E-state index in [1.165, 1.54) is 0 Å². The lowest BCUT2D eigenvalue weighted by atomic mass is 10.0. The molecule has 0 spiro atoms. The van der Waals surface area contributed by atoms with Gasteiger partial charge in [0.25, 0.3) is 5.91 Å². The molecule has 1 aliphatic heterocycles. The molecule has 0 saturated heterocycles. The lowest BCUT2D eigenvalue weighted by Crippen LogP contribution is -2.24. The topological polar surface area (TPSA) is 112 Å². The number of nitrogens with one attached hydrogen (secondary N) is 2. The summed E-state index contributed by atoms with van der Waals surface area (Å²) in [7, 11) is 0. The highest BCUT2D eigenvalue weighted by Gasteiger charge is 2.18. The Kier molecular flexibility index (Phi) is 6.39. The molecule has 3 aromatic rings. The Labute approximate surface area is 190 Å². The maximum atomic E-state index is 12.3. The highest BCUT2D eigenvalue weighted by atomic mass is 16.6. The summed E-state index contributed by atoms with van der Waals surface area (Å²) in [5, 5.41) is 10.0. The molecular weight excluding hydrogens is 424 g/mol. The van der Waals surface area contributed by atoms with Crippen molar-refractivity contribution in [3.05, 3.63) is 65.5 Å². The van der Waals surface area contributed by atoms with Crippen LogP contribution in [0.15, 0.2) is 48.5 Å². The van der Waals surface area contributed by atoms with Gasteiger partial charge in [0.05, 0.1) is 22.8 Å². The van der Waals surface area contributed by atoms with E-state index in [1.807, 2.05) is 37.3 Å². The first-order valence-corrected chi connectivity index (χ1v) is 10.5. The van der Waals surface area contributed by atoms with Crippen LogP contribution < -0.4 is 15.4 Å². The predicted molar refractivity (Wildman–Crippen MR) is 122 cm³/mol. The second-order valence-electron chi connectivity index (χ2n) is 7.66. The Bertz CT molecular complexity index is 1200. The van der Waals surface area contributed by atoms with E-state index in [2.05, 4.69) is 15.7 Å². The van der Waals surface area contributed by atoms with Crippen LogP contribution in [-0.2, 0) is 25.5 Å². The highest BCUT2D eigenvalue weighted by molar-refractivity contribution is 5.94. The number of nitrogens with zero attached hydrogens (tertiary/aromatic N) is 2. The molecule has 0 aliphatic carbocycles. The van der Waals surface area contributed by atoms with Crippen LogP contribution in [0.25, 0.3) is 5.69 Å². The summed E-state index contributed by atoms with van der Waals surface area (Å²) in [4.78, 5) is 35.8. The van der Waals surface area contributed by atoms with E-state index in [-0.39, 0.29) is 12.5 Å². The number of benzene rings is 2. The number of hydrogen-bond acceptors (Lipinski definition) is 6. The molecule has 9 heteroatoms. The molecule has 33 heavy (non-hydrogen) atoms. The minimum atomic E-state index is -0.662. The maximum Gasteiger partial charge on any atom is 0.344 e. The monoisotopic (exact) mass is 448 g/mol. The summed E-state index contributed by atoms with van der Waals surface area (Å²) in [6.07, 6.45) is 1.03. The Morgan fingerprint density at radius 1 is 1.09 bits per heavy atom. The summed E-state index contributed by atoms with van der Waals surface area (Å²) in [6.45, 7) is 2.88. The highest BCUT2D eigenvalue weighted by Crippen LogP contribution is 2.27. The number of carbonyl (C=O) groups excluding carboxylic acids is 3. The lowest BCUT2D eigenvalue weighted by Gasteiger charge is -2.17. The number of rotatable bonds is 7. The average molecular weight is 448 g/mol. The summed E-state index contributed by atoms with van der Waals surface area (Å²) in [5.41, 5.74) is 4.58. The van der Waals surface area contributed by atoms with E-state index in [0.29, 0.717) is 30.0 Å². The molecule has 2 amide bonds. The van der Waals surface area contributed by atoms with Crippen LogP contribution in [-0.4, -0.2) is 40.8 Å². The van der Waals surface area contributed by atoms with E-state index >= 15 is 0 Å². The van der Waals surface area contributed by atoms with Crippen molar-refractivity contribution >= 4 is 29.2 Å². The standard InChI is InChI=1S/C24H24N4O5/c1-15-24(16(2)28(27-15)18-6-4-3-5-7-18)26-22(30)13-33-23(31)14-32-19-9-10-20-17(12-19)8-11-21(29)25-20/h3-7,9-10,12H,8,11,13-14H2,1-2H3,(H,25,29)(H,26,30). The first-order valence-electron chi connectivity index (χ1n) is 10.5. The Morgan fingerprint density at radius 2 is 1.88 bits per heavy atom. The number of aryl methyl sites for hydroxylation is 2. The summed E-state index contributed by atoms with van der Waals surface area (Å²) < 4.78 is 12.2. The van der Waals surface area contributed by atoms with Crippen molar-refractivity contribution in [2.75, 3.05) is 23.8 Å².